The van der Waals surface area contributed by atoms with E-state index in [2.05, 4.69) is 9.97 Å². The first-order chi connectivity index (χ1) is 10.1. The van der Waals surface area contributed by atoms with Crippen molar-refractivity contribution in [1.29, 1.82) is 0 Å². The first-order valence-electron chi connectivity index (χ1n) is 6.66. The molecule has 0 amide bonds. The lowest BCUT2D eigenvalue weighted by Crippen LogP contribution is -2.25. The van der Waals surface area contributed by atoms with Crippen molar-refractivity contribution in [3.63, 3.8) is 0 Å². The standard InChI is InChI=1S/C16H14FN3O/c1-10-6-7-12(8-18-10)11(2)20-9-19-14-5-3-4-13(17)15(14)16(20)21/h3-9,11H,1-2H3. The molecule has 2 aromatic heterocycles. The highest BCUT2D eigenvalue weighted by atomic mass is 19.1. The van der Waals surface area contributed by atoms with Crippen LogP contribution in [0.2, 0.25) is 0 Å². The maximum Gasteiger partial charge on any atom is 0.264 e. The molecule has 0 saturated heterocycles. The zero-order chi connectivity index (χ0) is 15.0. The lowest BCUT2D eigenvalue weighted by Gasteiger charge is -2.15. The van der Waals surface area contributed by atoms with Crippen LogP contribution in [0.1, 0.15) is 24.2 Å². The molecule has 1 aromatic carbocycles. The highest BCUT2D eigenvalue weighted by molar-refractivity contribution is 5.77. The summed E-state index contributed by atoms with van der Waals surface area (Å²) in [5.74, 6) is -0.548. The van der Waals surface area contributed by atoms with Crippen molar-refractivity contribution in [3.05, 3.63) is 70.3 Å². The van der Waals surface area contributed by atoms with Gasteiger partial charge in [0.1, 0.15) is 11.2 Å². The molecule has 0 aliphatic heterocycles. The van der Waals surface area contributed by atoms with Gasteiger partial charge in [-0.15, -0.1) is 0 Å². The Morgan fingerprint density at radius 3 is 2.71 bits per heavy atom. The maximum atomic E-state index is 13.9. The van der Waals surface area contributed by atoms with E-state index in [4.69, 9.17) is 0 Å². The number of fused-ring (bicyclic) bond motifs is 1. The van der Waals surface area contributed by atoms with E-state index in [1.54, 1.807) is 18.3 Å². The molecule has 3 aromatic rings. The third-order valence-corrected chi connectivity index (χ3v) is 3.60. The quantitative estimate of drug-likeness (QED) is 0.726. The first-order valence-corrected chi connectivity index (χ1v) is 6.66. The predicted octanol–water partition coefficient (Wildman–Crippen LogP) is 2.85. The van der Waals surface area contributed by atoms with E-state index in [0.29, 0.717) is 5.52 Å². The second-order valence-electron chi connectivity index (χ2n) is 5.00. The van der Waals surface area contributed by atoms with Gasteiger partial charge in [-0.25, -0.2) is 9.37 Å². The Kier molecular flexibility index (Phi) is 3.25. The van der Waals surface area contributed by atoms with Gasteiger partial charge in [-0.1, -0.05) is 12.1 Å². The van der Waals surface area contributed by atoms with E-state index in [9.17, 15) is 9.18 Å². The van der Waals surface area contributed by atoms with Crippen LogP contribution in [-0.4, -0.2) is 14.5 Å². The summed E-state index contributed by atoms with van der Waals surface area (Å²) in [6.07, 6.45) is 3.17. The molecule has 0 fully saturated rings. The van der Waals surface area contributed by atoms with Gasteiger partial charge >= 0.3 is 0 Å². The van der Waals surface area contributed by atoms with Crippen LogP contribution in [0.5, 0.6) is 0 Å². The number of benzene rings is 1. The smallest absolute Gasteiger partial charge is 0.264 e. The normalized spacial score (nSPS) is 12.5. The molecule has 0 aliphatic carbocycles. The van der Waals surface area contributed by atoms with Gasteiger partial charge in [-0.05, 0) is 37.6 Å². The third-order valence-electron chi connectivity index (χ3n) is 3.60. The molecule has 106 valence electrons. The maximum absolute atomic E-state index is 13.9. The Labute approximate surface area is 120 Å². The fourth-order valence-electron chi connectivity index (χ4n) is 2.30. The molecule has 0 aliphatic rings. The summed E-state index contributed by atoms with van der Waals surface area (Å²) in [7, 11) is 0. The van der Waals surface area contributed by atoms with Crippen molar-refractivity contribution in [2.24, 2.45) is 0 Å². The Morgan fingerprint density at radius 2 is 2.00 bits per heavy atom. The molecule has 0 N–H and O–H groups in total. The predicted molar refractivity (Wildman–Crippen MR) is 78.7 cm³/mol. The number of nitrogens with zero attached hydrogens (tertiary/aromatic N) is 3. The average Bonchev–Trinajstić information content (AvgIpc) is 2.48. The molecule has 0 saturated carbocycles. The molecule has 0 radical (unpaired) electrons. The number of hydrogen-bond donors (Lipinski definition) is 0. The third kappa shape index (κ3) is 2.31. The van der Waals surface area contributed by atoms with E-state index in [1.165, 1.54) is 17.0 Å². The molecular weight excluding hydrogens is 269 g/mol. The van der Waals surface area contributed by atoms with Crippen LogP contribution in [0.3, 0.4) is 0 Å². The second-order valence-corrected chi connectivity index (χ2v) is 5.00. The van der Waals surface area contributed by atoms with Crippen molar-refractivity contribution in [3.8, 4) is 0 Å². The molecule has 0 bridgehead atoms. The Bertz CT molecular complexity index is 856. The number of aromatic nitrogens is 3. The highest BCUT2D eigenvalue weighted by Gasteiger charge is 2.14. The fourth-order valence-corrected chi connectivity index (χ4v) is 2.30. The molecule has 21 heavy (non-hydrogen) atoms. The Balaban J connectivity index is 2.17. The molecule has 3 rings (SSSR count). The summed E-state index contributed by atoms with van der Waals surface area (Å²) >= 11 is 0. The number of pyridine rings is 1. The number of hydrogen-bond acceptors (Lipinski definition) is 3. The van der Waals surface area contributed by atoms with Gasteiger partial charge in [-0.3, -0.25) is 14.3 Å². The number of rotatable bonds is 2. The molecule has 4 nitrogen and oxygen atoms in total. The van der Waals surface area contributed by atoms with Gasteiger partial charge in [0.25, 0.3) is 5.56 Å². The van der Waals surface area contributed by atoms with Gasteiger partial charge in [0.05, 0.1) is 17.9 Å². The van der Waals surface area contributed by atoms with E-state index in [-0.39, 0.29) is 17.0 Å². The summed E-state index contributed by atoms with van der Waals surface area (Å²) in [6, 6.07) is 7.97. The van der Waals surface area contributed by atoms with Crippen LogP contribution in [-0.2, 0) is 0 Å². The van der Waals surface area contributed by atoms with E-state index in [0.717, 1.165) is 11.3 Å². The second kappa shape index (κ2) is 5.09. The minimum atomic E-state index is -0.548. The lowest BCUT2D eigenvalue weighted by molar-refractivity contribution is 0.597. The minimum Gasteiger partial charge on any atom is -0.291 e. The van der Waals surface area contributed by atoms with Gasteiger partial charge in [-0.2, -0.15) is 0 Å². The lowest BCUT2D eigenvalue weighted by atomic mass is 10.1. The summed E-state index contributed by atoms with van der Waals surface area (Å²) in [4.78, 5) is 20.9. The van der Waals surface area contributed by atoms with Gasteiger partial charge in [0.15, 0.2) is 0 Å². The summed E-state index contributed by atoms with van der Waals surface area (Å²) in [6.45, 7) is 3.76. The van der Waals surface area contributed by atoms with Crippen LogP contribution in [0.4, 0.5) is 4.39 Å². The van der Waals surface area contributed by atoms with E-state index >= 15 is 0 Å². The van der Waals surface area contributed by atoms with Crippen molar-refractivity contribution in [1.82, 2.24) is 14.5 Å². The SMILES string of the molecule is Cc1ccc(C(C)n2cnc3cccc(F)c3c2=O)cn1. The average molecular weight is 283 g/mol. The first kappa shape index (κ1) is 13.4. The Morgan fingerprint density at radius 1 is 1.19 bits per heavy atom. The number of aryl methyl sites for hydroxylation is 1. The van der Waals surface area contributed by atoms with Crippen LogP contribution >= 0.6 is 0 Å². The van der Waals surface area contributed by atoms with E-state index < -0.39 is 5.82 Å². The van der Waals surface area contributed by atoms with Crippen molar-refractivity contribution < 1.29 is 4.39 Å². The molecule has 5 heteroatoms. The van der Waals surface area contributed by atoms with E-state index in [1.807, 2.05) is 26.0 Å². The van der Waals surface area contributed by atoms with Crippen LogP contribution < -0.4 is 5.56 Å². The Hall–Kier alpha value is -2.56. The molecule has 2 heterocycles. The molecule has 1 unspecified atom stereocenters. The van der Waals surface area contributed by atoms with Crippen LogP contribution in [0.15, 0.2) is 47.7 Å². The van der Waals surface area contributed by atoms with Crippen molar-refractivity contribution in [2.75, 3.05) is 0 Å². The topological polar surface area (TPSA) is 47.8 Å². The molecule has 0 spiro atoms. The molecule has 1 atom stereocenters. The highest BCUT2D eigenvalue weighted by Crippen LogP contribution is 2.17. The van der Waals surface area contributed by atoms with Gasteiger partial charge in [0.2, 0.25) is 0 Å². The van der Waals surface area contributed by atoms with Crippen LogP contribution in [0, 0.1) is 12.7 Å². The van der Waals surface area contributed by atoms with Crippen molar-refractivity contribution >= 4 is 10.9 Å². The summed E-state index contributed by atoms with van der Waals surface area (Å²) < 4.78 is 15.3. The van der Waals surface area contributed by atoms with Gasteiger partial charge in [0, 0.05) is 11.9 Å². The van der Waals surface area contributed by atoms with Crippen LogP contribution in [0.25, 0.3) is 10.9 Å². The largest absolute Gasteiger partial charge is 0.291 e. The molecular formula is C16H14FN3O. The zero-order valence-corrected chi connectivity index (χ0v) is 11.7. The van der Waals surface area contributed by atoms with Crippen molar-refractivity contribution in [2.45, 2.75) is 19.9 Å². The fraction of sp³-hybridized carbons (Fsp3) is 0.188. The monoisotopic (exact) mass is 283 g/mol. The summed E-state index contributed by atoms with van der Waals surface area (Å²) in [5, 5.41) is 0.0203. The summed E-state index contributed by atoms with van der Waals surface area (Å²) in [5.41, 5.74) is 1.76. The van der Waals surface area contributed by atoms with Gasteiger partial charge < -0.3 is 0 Å². The number of halogens is 1. The zero-order valence-electron chi connectivity index (χ0n) is 11.7. The minimum absolute atomic E-state index is 0.0203.